The lowest BCUT2D eigenvalue weighted by Gasteiger charge is -2.22. The number of pyridine rings is 2. The van der Waals surface area contributed by atoms with E-state index >= 15 is 0 Å². The molecular formula is C24H28Cl2N6O10S2. The first kappa shape index (κ1) is 34.7. The third-order valence-electron chi connectivity index (χ3n) is 5.70. The van der Waals surface area contributed by atoms with E-state index in [2.05, 4.69) is 20.2 Å². The highest BCUT2D eigenvalue weighted by molar-refractivity contribution is 7.86. The van der Waals surface area contributed by atoms with Crippen LogP contribution in [-0.4, -0.2) is 86.8 Å². The fraction of sp³-hybridized carbons (Fsp3) is 0.417. The zero-order chi connectivity index (χ0) is 32.8. The summed E-state index contributed by atoms with van der Waals surface area (Å²) in [5.74, 6) is -2.44. The minimum Gasteiger partial charge on any atom is -0.480 e. The zero-order valence-corrected chi connectivity index (χ0v) is 26.8. The summed E-state index contributed by atoms with van der Waals surface area (Å²) in [5.41, 5.74) is 0. The van der Waals surface area contributed by atoms with Crippen LogP contribution in [0.1, 0.15) is 26.7 Å². The second kappa shape index (κ2) is 14.4. The molecule has 4 rings (SSSR count). The third-order valence-corrected chi connectivity index (χ3v) is 7.26. The zero-order valence-electron chi connectivity index (χ0n) is 23.7. The molecule has 4 heterocycles. The number of carbonyl (C=O) groups is 2. The number of aromatic nitrogens is 2. The molecule has 0 spiro atoms. The molecule has 2 aliphatic heterocycles. The Morgan fingerprint density at radius 1 is 0.932 bits per heavy atom. The fourth-order valence-electron chi connectivity index (χ4n) is 4.05. The molecule has 0 fully saturated rings. The van der Waals surface area contributed by atoms with Crippen molar-refractivity contribution in [2.24, 2.45) is 16.1 Å². The van der Waals surface area contributed by atoms with Crippen LogP contribution in [0.2, 0.25) is 10.0 Å². The number of hydrogen-bond donors (Lipinski definition) is 1. The van der Waals surface area contributed by atoms with Crippen molar-refractivity contribution in [3.63, 3.8) is 0 Å². The maximum absolute atomic E-state index is 12.0. The first-order valence-corrected chi connectivity index (χ1v) is 17.1. The lowest BCUT2D eigenvalue weighted by atomic mass is 9.98. The van der Waals surface area contributed by atoms with Crippen LogP contribution in [0.25, 0.3) is 0 Å². The van der Waals surface area contributed by atoms with Crippen molar-refractivity contribution in [1.82, 2.24) is 9.97 Å². The molecule has 2 aromatic rings. The summed E-state index contributed by atoms with van der Waals surface area (Å²) >= 11 is 12.1. The Morgan fingerprint density at radius 2 is 1.48 bits per heavy atom. The van der Waals surface area contributed by atoms with Gasteiger partial charge in [0.1, 0.15) is 0 Å². The van der Waals surface area contributed by atoms with Gasteiger partial charge in [0.15, 0.2) is 23.7 Å². The minimum absolute atomic E-state index is 0.0567. The van der Waals surface area contributed by atoms with Crippen molar-refractivity contribution in [2.45, 2.75) is 38.8 Å². The van der Waals surface area contributed by atoms with Crippen molar-refractivity contribution >= 4 is 78.8 Å². The van der Waals surface area contributed by atoms with E-state index in [9.17, 15) is 31.5 Å². The van der Waals surface area contributed by atoms with Crippen LogP contribution in [0, 0.1) is 5.92 Å². The van der Waals surface area contributed by atoms with Gasteiger partial charge in [-0.3, -0.25) is 0 Å². The highest BCUT2D eigenvalue weighted by Crippen LogP contribution is 2.34. The minimum atomic E-state index is -3.82. The van der Waals surface area contributed by atoms with E-state index in [1.54, 1.807) is 32.0 Å². The quantitative estimate of drug-likeness (QED) is 0.311. The molecule has 0 aromatic carbocycles. The number of carbonyl (C=O) groups excluding carboxylic acids is 1. The fourth-order valence-corrected chi connectivity index (χ4v) is 5.39. The number of aliphatic carboxylic acids is 1. The number of carboxylic acid groups (broad SMARTS) is 1. The van der Waals surface area contributed by atoms with Gasteiger partial charge >= 0.3 is 32.2 Å². The number of ether oxygens (including phenoxy) is 1. The van der Waals surface area contributed by atoms with E-state index in [1.165, 1.54) is 23.5 Å². The van der Waals surface area contributed by atoms with Gasteiger partial charge in [-0.1, -0.05) is 30.1 Å². The summed E-state index contributed by atoms with van der Waals surface area (Å²) in [4.78, 5) is 31.7. The third kappa shape index (κ3) is 8.90. The van der Waals surface area contributed by atoms with Gasteiger partial charge in [0.05, 0.1) is 41.5 Å². The number of rotatable bonds is 8. The Kier molecular flexibility index (Phi) is 11.3. The number of esters is 1. The van der Waals surface area contributed by atoms with Crippen LogP contribution in [0.3, 0.4) is 0 Å². The number of anilines is 2. The van der Waals surface area contributed by atoms with E-state index in [-0.39, 0.29) is 46.5 Å². The Morgan fingerprint density at radius 3 is 1.93 bits per heavy atom. The molecule has 20 heteroatoms. The second-order valence-corrected chi connectivity index (χ2v) is 13.0. The maximum Gasteiger partial charge on any atom is 0.331 e. The summed E-state index contributed by atoms with van der Waals surface area (Å²) < 4.78 is 59.6. The Balaban J connectivity index is 0.000000240. The van der Waals surface area contributed by atoms with Gasteiger partial charge in [-0.25, -0.2) is 29.6 Å². The number of hydrazone groups is 2. The Bertz CT molecular complexity index is 1670. The van der Waals surface area contributed by atoms with Crippen LogP contribution in [0.5, 0.6) is 0 Å². The SMILES string of the molecule is CCC1C(OS(C)(=O)=O)=NN(c2ncccc2Cl)C1C(=O)O.CCOC(=O)C1CC(OS(C)(=O)=O)=NN1c1ncccc1Cl. The van der Waals surface area contributed by atoms with Crippen LogP contribution >= 0.6 is 23.2 Å². The molecule has 2 aromatic heterocycles. The van der Waals surface area contributed by atoms with E-state index in [4.69, 9.17) is 36.3 Å². The molecule has 0 bridgehead atoms. The van der Waals surface area contributed by atoms with E-state index in [0.717, 1.165) is 17.5 Å². The van der Waals surface area contributed by atoms with Gasteiger partial charge in [0.25, 0.3) is 0 Å². The van der Waals surface area contributed by atoms with Gasteiger partial charge in [0, 0.05) is 12.4 Å². The number of carboxylic acids is 1. The summed E-state index contributed by atoms with van der Waals surface area (Å²) in [6.45, 7) is 3.56. The summed E-state index contributed by atoms with van der Waals surface area (Å²) in [6.07, 6.45) is 4.95. The number of hydrogen-bond acceptors (Lipinski definition) is 15. The largest absolute Gasteiger partial charge is 0.480 e. The van der Waals surface area contributed by atoms with Gasteiger partial charge in [0.2, 0.25) is 11.8 Å². The molecule has 0 aliphatic carbocycles. The van der Waals surface area contributed by atoms with Gasteiger partial charge in [-0.15, -0.1) is 10.2 Å². The Labute approximate surface area is 263 Å². The van der Waals surface area contributed by atoms with Crippen molar-refractivity contribution in [3.05, 3.63) is 46.7 Å². The van der Waals surface area contributed by atoms with E-state index in [0.29, 0.717) is 6.42 Å². The predicted octanol–water partition coefficient (Wildman–Crippen LogP) is 2.49. The van der Waals surface area contributed by atoms with E-state index in [1.807, 2.05) is 0 Å². The average molecular weight is 696 g/mol. The van der Waals surface area contributed by atoms with Crippen molar-refractivity contribution in [3.8, 4) is 0 Å². The molecule has 0 amide bonds. The Hall–Kier alpha value is -3.74. The summed E-state index contributed by atoms with van der Waals surface area (Å²) in [6, 6.07) is 4.30. The lowest BCUT2D eigenvalue weighted by molar-refractivity contribution is -0.144. The highest BCUT2D eigenvalue weighted by atomic mass is 35.5. The average Bonchev–Trinajstić information content (AvgIpc) is 3.49. The van der Waals surface area contributed by atoms with Crippen LogP contribution in [0.4, 0.5) is 11.6 Å². The van der Waals surface area contributed by atoms with Gasteiger partial charge in [-0.05, 0) is 37.6 Å². The van der Waals surface area contributed by atoms with Crippen LogP contribution < -0.4 is 10.0 Å². The van der Waals surface area contributed by atoms with E-state index < -0.39 is 50.2 Å². The topological polar surface area (TPSA) is 207 Å². The predicted molar refractivity (Wildman–Crippen MR) is 160 cm³/mol. The normalized spacial score (nSPS) is 19.8. The first-order chi connectivity index (χ1) is 20.6. The summed E-state index contributed by atoms with van der Waals surface area (Å²) in [5, 5.41) is 20.2. The second-order valence-electron chi connectivity index (χ2n) is 9.08. The van der Waals surface area contributed by atoms with Crippen molar-refractivity contribution in [2.75, 3.05) is 29.1 Å². The maximum atomic E-state index is 12.0. The molecule has 1 N–H and O–H groups in total. The molecular weight excluding hydrogens is 667 g/mol. The molecule has 3 atom stereocenters. The first-order valence-electron chi connectivity index (χ1n) is 12.7. The van der Waals surface area contributed by atoms with Gasteiger partial charge < -0.3 is 18.2 Å². The molecule has 44 heavy (non-hydrogen) atoms. The summed E-state index contributed by atoms with van der Waals surface area (Å²) in [7, 11) is -7.57. The van der Waals surface area contributed by atoms with Gasteiger partial charge in [-0.2, -0.15) is 16.8 Å². The van der Waals surface area contributed by atoms with Crippen molar-refractivity contribution < 1.29 is 44.6 Å². The lowest BCUT2D eigenvalue weighted by Crippen LogP contribution is -2.41. The number of halogens is 2. The molecule has 16 nitrogen and oxygen atoms in total. The number of nitrogens with zero attached hydrogens (tertiary/aromatic N) is 6. The monoisotopic (exact) mass is 694 g/mol. The van der Waals surface area contributed by atoms with Crippen LogP contribution in [-0.2, 0) is 42.9 Å². The standard InChI is InChI=1S/2C12H14ClN3O5S/c1-3-20-12(17)9-7-10(21-22(2,18)19)15-16(9)11-8(13)5-4-6-14-11;1-3-7-9(12(17)18)16(10-8(13)5-4-6-14-10)15-11(7)21-22(2,19)20/h4-6,9H,3,7H2,1-2H3;4-7,9H,3H2,1-2H3,(H,17,18). The molecule has 0 radical (unpaired) electrons. The highest BCUT2D eigenvalue weighted by Gasteiger charge is 2.45. The molecule has 0 saturated heterocycles. The molecule has 240 valence electrons. The molecule has 2 aliphatic rings. The molecule has 3 unspecified atom stereocenters. The smallest absolute Gasteiger partial charge is 0.331 e. The van der Waals surface area contributed by atoms with Crippen molar-refractivity contribution in [1.29, 1.82) is 0 Å². The van der Waals surface area contributed by atoms with Crippen LogP contribution in [0.15, 0.2) is 46.9 Å². The molecule has 0 saturated carbocycles.